The summed E-state index contributed by atoms with van der Waals surface area (Å²) in [6.45, 7) is 4.58. The van der Waals surface area contributed by atoms with Gasteiger partial charge in [0.15, 0.2) is 0 Å². The van der Waals surface area contributed by atoms with E-state index in [1.165, 1.54) is 36.4 Å². The van der Waals surface area contributed by atoms with Crippen LogP contribution in [-0.2, 0) is 4.74 Å². The molecule has 0 radical (unpaired) electrons. The molecule has 0 aliphatic carbocycles. The smallest absolute Gasteiger partial charge is 0.274 e. The Hall–Kier alpha value is -2.58. The molecular formula is C20H23FN4O3. The first kappa shape index (κ1) is 18.8. The van der Waals surface area contributed by atoms with Crippen LogP contribution >= 0.6 is 0 Å². The van der Waals surface area contributed by atoms with Gasteiger partial charge in [0.05, 0.1) is 11.8 Å². The average molecular weight is 386 g/mol. The van der Waals surface area contributed by atoms with Crippen LogP contribution in [0, 0.1) is 5.82 Å². The summed E-state index contributed by atoms with van der Waals surface area (Å²) < 4.78 is 19.9. The summed E-state index contributed by atoms with van der Waals surface area (Å²) in [5.41, 5.74) is 0.253. The molecule has 0 spiro atoms. The van der Waals surface area contributed by atoms with Gasteiger partial charge in [-0.2, -0.15) is 9.78 Å². The first-order valence-electron chi connectivity index (χ1n) is 9.60. The number of halogens is 1. The number of amides is 1. The molecule has 2 fully saturated rings. The second-order valence-corrected chi connectivity index (χ2v) is 7.17. The standard InChI is InChI=1S/C20H23FN4O3/c21-15-3-5-16(6-4-15)25-19(26)8-7-18(22-25)20(27)24-11-9-23(10-12-24)14-17-2-1-13-28-17/h3-8,17H,1-2,9-14H2. The van der Waals surface area contributed by atoms with Gasteiger partial charge in [-0.05, 0) is 43.2 Å². The molecule has 2 aliphatic rings. The minimum atomic E-state index is -0.398. The van der Waals surface area contributed by atoms with Gasteiger partial charge >= 0.3 is 0 Å². The highest BCUT2D eigenvalue weighted by atomic mass is 19.1. The highest BCUT2D eigenvalue weighted by Crippen LogP contribution is 2.15. The number of benzene rings is 1. The molecule has 28 heavy (non-hydrogen) atoms. The Bertz CT molecular complexity index is 885. The van der Waals surface area contributed by atoms with Crippen LogP contribution in [0.25, 0.3) is 5.69 Å². The van der Waals surface area contributed by atoms with Crippen LogP contribution in [0.1, 0.15) is 23.3 Å². The van der Waals surface area contributed by atoms with Crippen molar-refractivity contribution in [2.45, 2.75) is 18.9 Å². The highest BCUT2D eigenvalue weighted by molar-refractivity contribution is 5.92. The Morgan fingerprint density at radius 3 is 2.54 bits per heavy atom. The molecule has 1 amide bonds. The van der Waals surface area contributed by atoms with E-state index in [-0.39, 0.29) is 17.2 Å². The van der Waals surface area contributed by atoms with Gasteiger partial charge in [-0.15, -0.1) is 0 Å². The summed E-state index contributed by atoms with van der Waals surface area (Å²) in [6, 6.07) is 8.20. The monoisotopic (exact) mass is 386 g/mol. The van der Waals surface area contributed by atoms with E-state index < -0.39 is 5.82 Å². The zero-order valence-electron chi connectivity index (χ0n) is 15.6. The Labute approximate surface area is 162 Å². The van der Waals surface area contributed by atoms with E-state index >= 15 is 0 Å². The SMILES string of the molecule is O=C(c1ccc(=O)n(-c2ccc(F)cc2)n1)N1CCN(CC2CCCO2)CC1. The van der Waals surface area contributed by atoms with Crippen LogP contribution in [0.5, 0.6) is 0 Å². The third-order valence-electron chi connectivity index (χ3n) is 5.24. The Kier molecular flexibility index (Phi) is 5.50. The molecule has 7 nitrogen and oxygen atoms in total. The third-order valence-corrected chi connectivity index (χ3v) is 5.24. The molecule has 2 aliphatic heterocycles. The second-order valence-electron chi connectivity index (χ2n) is 7.17. The fourth-order valence-corrected chi connectivity index (χ4v) is 3.66. The lowest BCUT2D eigenvalue weighted by Crippen LogP contribution is -2.50. The largest absolute Gasteiger partial charge is 0.377 e. The zero-order chi connectivity index (χ0) is 19.5. The van der Waals surface area contributed by atoms with Crippen molar-refractivity contribution < 1.29 is 13.9 Å². The van der Waals surface area contributed by atoms with Gasteiger partial charge in [0.25, 0.3) is 11.5 Å². The first-order valence-corrected chi connectivity index (χ1v) is 9.60. The van der Waals surface area contributed by atoms with Crippen LogP contribution in [0.2, 0.25) is 0 Å². The average Bonchev–Trinajstić information content (AvgIpc) is 3.22. The number of carbonyl (C=O) groups excluding carboxylic acids is 1. The molecular weight excluding hydrogens is 363 g/mol. The topological polar surface area (TPSA) is 67.7 Å². The maximum Gasteiger partial charge on any atom is 0.274 e. The molecule has 1 unspecified atom stereocenters. The molecule has 0 saturated carbocycles. The Morgan fingerprint density at radius 2 is 1.86 bits per heavy atom. The minimum Gasteiger partial charge on any atom is -0.377 e. The fraction of sp³-hybridized carbons (Fsp3) is 0.450. The van der Waals surface area contributed by atoms with Gasteiger partial charge in [0.1, 0.15) is 11.5 Å². The summed E-state index contributed by atoms with van der Waals surface area (Å²) >= 11 is 0. The highest BCUT2D eigenvalue weighted by Gasteiger charge is 2.26. The number of carbonyl (C=O) groups is 1. The van der Waals surface area contributed by atoms with Gasteiger partial charge < -0.3 is 9.64 Å². The number of hydrogen-bond acceptors (Lipinski definition) is 5. The predicted octanol–water partition coefficient (Wildman–Crippen LogP) is 1.31. The lowest BCUT2D eigenvalue weighted by atomic mass is 10.2. The maximum atomic E-state index is 13.1. The van der Waals surface area contributed by atoms with Crippen molar-refractivity contribution in [2.24, 2.45) is 0 Å². The molecule has 2 aromatic rings. The van der Waals surface area contributed by atoms with Crippen molar-refractivity contribution >= 4 is 5.91 Å². The molecule has 0 N–H and O–H groups in total. The third kappa shape index (κ3) is 4.13. The minimum absolute atomic E-state index is 0.201. The van der Waals surface area contributed by atoms with E-state index in [0.717, 1.165) is 43.8 Å². The summed E-state index contributed by atoms with van der Waals surface area (Å²) in [5.74, 6) is -0.600. The van der Waals surface area contributed by atoms with Crippen LogP contribution in [0.3, 0.4) is 0 Å². The molecule has 1 aromatic heterocycles. The van der Waals surface area contributed by atoms with Crippen molar-refractivity contribution in [1.29, 1.82) is 0 Å². The van der Waals surface area contributed by atoms with Crippen molar-refractivity contribution in [1.82, 2.24) is 19.6 Å². The quantitative estimate of drug-likeness (QED) is 0.793. The molecule has 0 bridgehead atoms. The number of nitrogens with zero attached hydrogens (tertiary/aromatic N) is 4. The predicted molar refractivity (Wildman–Crippen MR) is 101 cm³/mol. The molecule has 8 heteroatoms. The summed E-state index contributed by atoms with van der Waals surface area (Å²) in [7, 11) is 0. The molecule has 4 rings (SSSR count). The Balaban J connectivity index is 1.43. The van der Waals surface area contributed by atoms with Gasteiger partial charge in [0.2, 0.25) is 0 Å². The summed E-state index contributed by atoms with van der Waals surface area (Å²) in [4.78, 5) is 29.1. The van der Waals surface area contributed by atoms with E-state index in [1.807, 2.05) is 0 Å². The molecule has 1 atom stereocenters. The van der Waals surface area contributed by atoms with E-state index in [1.54, 1.807) is 4.90 Å². The number of piperazine rings is 1. The lowest BCUT2D eigenvalue weighted by molar-refractivity contribution is 0.0429. The molecule has 3 heterocycles. The van der Waals surface area contributed by atoms with Crippen molar-refractivity contribution in [3.63, 3.8) is 0 Å². The number of hydrogen-bond donors (Lipinski definition) is 0. The lowest BCUT2D eigenvalue weighted by Gasteiger charge is -2.35. The summed E-state index contributed by atoms with van der Waals surface area (Å²) in [5, 5.41) is 4.21. The van der Waals surface area contributed by atoms with Gasteiger partial charge in [-0.25, -0.2) is 4.39 Å². The molecule has 1 aromatic carbocycles. The van der Waals surface area contributed by atoms with E-state index in [0.29, 0.717) is 24.9 Å². The van der Waals surface area contributed by atoms with Crippen LogP contribution in [-0.4, -0.2) is 70.9 Å². The van der Waals surface area contributed by atoms with E-state index in [4.69, 9.17) is 4.74 Å². The van der Waals surface area contributed by atoms with Crippen LogP contribution < -0.4 is 5.56 Å². The second kappa shape index (κ2) is 8.20. The number of rotatable bonds is 4. The maximum absolute atomic E-state index is 13.1. The van der Waals surface area contributed by atoms with Crippen molar-refractivity contribution in [3.8, 4) is 5.69 Å². The number of aromatic nitrogens is 2. The molecule has 2 saturated heterocycles. The first-order chi connectivity index (χ1) is 13.6. The Morgan fingerprint density at radius 1 is 1.11 bits per heavy atom. The van der Waals surface area contributed by atoms with E-state index in [9.17, 15) is 14.0 Å². The van der Waals surface area contributed by atoms with Crippen molar-refractivity contribution in [3.05, 3.63) is 58.3 Å². The molecule has 148 valence electrons. The van der Waals surface area contributed by atoms with Gasteiger partial charge in [0, 0.05) is 45.4 Å². The van der Waals surface area contributed by atoms with Crippen LogP contribution in [0.15, 0.2) is 41.2 Å². The zero-order valence-corrected chi connectivity index (χ0v) is 15.6. The van der Waals surface area contributed by atoms with E-state index in [2.05, 4.69) is 10.00 Å². The fourth-order valence-electron chi connectivity index (χ4n) is 3.66. The normalized spacial score (nSPS) is 20.5. The van der Waals surface area contributed by atoms with Crippen molar-refractivity contribution in [2.75, 3.05) is 39.3 Å². The number of ether oxygens (including phenoxy) is 1. The van der Waals surface area contributed by atoms with Gasteiger partial charge in [-0.1, -0.05) is 0 Å². The van der Waals surface area contributed by atoms with Crippen LogP contribution in [0.4, 0.5) is 4.39 Å². The summed E-state index contributed by atoms with van der Waals surface area (Å²) in [6.07, 6.45) is 2.54. The van der Waals surface area contributed by atoms with Gasteiger partial charge in [-0.3, -0.25) is 14.5 Å².